The lowest BCUT2D eigenvalue weighted by molar-refractivity contribution is 0.255. The predicted molar refractivity (Wildman–Crippen MR) is 27.1 cm³/mol. The second-order valence-corrected chi connectivity index (χ2v) is 1.87. The number of nitrogens with one attached hydrogen (secondary N) is 2. The zero-order valence-electron chi connectivity index (χ0n) is 4.66. The molecule has 0 aromatic heterocycles. The normalized spacial score (nSPS) is 10.3. The molecule has 44 valence electrons. The first-order valence-corrected chi connectivity index (χ1v) is 2.36. The van der Waals surface area contributed by atoms with Crippen molar-refractivity contribution in [1.29, 1.82) is 0 Å². The molecule has 7 heavy (non-hydrogen) atoms. The number of halogens is 1. The van der Waals surface area contributed by atoms with Crippen LogP contribution in [0.5, 0.6) is 0 Å². The Morgan fingerprint density at radius 2 is 2.14 bits per heavy atom. The fraction of sp³-hybridized carbons (Fsp3) is 1.00. The van der Waals surface area contributed by atoms with Crippen LogP contribution in [-0.2, 0) is 0 Å². The van der Waals surface area contributed by atoms with E-state index in [0.717, 1.165) is 0 Å². The molecule has 0 aliphatic heterocycles. The van der Waals surface area contributed by atoms with E-state index in [2.05, 4.69) is 5.43 Å². The topological polar surface area (TPSA) is 24.1 Å². The number of hydrogen-bond acceptors (Lipinski definition) is 2. The fourth-order valence-electron chi connectivity index (χ4n) is 0.243. The maximum absolute atomic E-state index is 11.0. The fourth-order valence-corrected chi connectivity index (χ4v) is 0.243. The lowest BCUT2D eigenvalue weighted by Gasteiger charge is -2.00. The molecule has 0 bridgehead atoms. The van der Waals surface area contributed by atoms with Crippen LogP contribution in [0.1, 0.15) is 13.8 Å². The van der Waals surface area contributed by atoms with E-state index in [1.807, 2.05) is 13.8 Å². The molecule has 0 rings (SSSR count). The Morgan fingerprint density at radius 1 is 1.57 bits per heavy atom. The number of rotatable bonds is 3. The van der Waals surface area contributed by atoms with Gasteiger partial charge in [0.25, 0.3) is 0 Å². The van der Waals surface area contributed by atoms with E-state index in [1.54, 1.807) is 0 Å². The van der Waals surface area contributed by atoms with Crippen LogP contribution >= 0.6 is 0 Å². The summed E-state index contributed by atoms with van der Waals surface area (Å²) in [7, 11) is 0. The third-order valence-electron chi connectivity index (χ3n) is 0.577. The molecule has 3 heteroatoms. The van der Waals surface area contributed by atoms with Crippen molar-refractivity contribution in [2.75, 3.05) is 6.54 Å². The Morgan fingerprint density at radius 3 is 2.29 bits per heavy atom. The summed E-state index contributed by atoms with van der Waals surface area (Å²) in [6, 6.07) is 0. The molecule has 0 unspecified atom stereocenters. The van der Waals surface area contributed by atoms with Gasteiger partial charge in [0.05, 0.1) is 0 Å². The first kappa shape index (κ1) is 6.85. The molecule has 0 heterocycles. The van der Waals surface area contributed by atoms with Crippen LogP contribution in [0.4, 0.5) is 4.48 Å². The van der Waals surface area contributed by atoms with Gasteiger partial charge in [-0.15, -0.1) is 4.48 Å². The summed E-state index contributed by atoms with van der Waals surface area (Å²) < 4.78 is 11.0. The van der Waals surface area contributed by atoms with Gasteiger partial charge in [-0.25, -0.2) is 5.43 Å². The molecule has 0 spiro atoms. The molecule has 0 atom stereocenters. The van der Waals surface area contributed by atoms with Crippen LogP contribution in [0.25, 0.3) is 0 Å². The summed E-state index contributed by atoms with van der Waals surface area (Å²) in [5.41, 5.74) is 3.68. The summed E-state index contributed by atoms with van der Waals surface area (Å²) >= 11 is 0. The summed E-state index contributed by atoms with van der Waals surface area (Å²) in [5, 5.41) is 0. The first-order valence-electron chi connectivity index (χ1n) is 2.36. The van der Waals surface area contributed by atoms with Crippen LogP contribution in [-0.4, -0.2) is 6.54 Å². The average molecular weight is 106 g/mol. The van der Waals surface area contributed by atoms with Gasteiger partial charge in [-0.05, 0) is 5.92 Å². The smallest absolute Gasteiger partial charge is 0.0147 e. The van der Waals surface area contributed by atoms with Crippen molar-refractivity contribution in [3.05, 3.63) is 0 Å². The molecule has 0 saturated heterocycles. The highest BCUT2D eigenvalue weighted by Gasteiger charge is 1.87. The number of hydrazine groups is 1. The van der Waals surface area contributed by atoms with Crippen molar-refractivity contribution >= 4 is 0 Å². The predicted octanol–water partition coefficient (Wildman–Crippen LogP) is 0.621. The van der Waals surface area contributed by atoms with Gasteiger partial charge in [0, 0.05) is 6.54 Å². The van der Waals surface area contributed by atoms with Gasteiger partial charge in [0.15, 0.2) is 0 Å². The molecule has 0 aliphatic rings. The quantitative estimate of drug-likeness (QED) is 0.407. The Hall–Kier alpha value is -0.150. The van der Waals surface area contributed by atoms with Crippen molar-refractivity contribution in [1.82, 2.24) is 11.1 Å². The Kier molecular flexibility index (Phi) is 3.93. The highest BCUT2D eigenvalue weighted by atomic mass is 19.2. The Balaban J connectivity index is 2.68. The van der Waals surface area contributed by atoms with Gasteiger partial charge >= 0.3 is 0 Å². The zero-order valence-corrected chi connectivity index (χ0v) is 4.66. The maximum atomic E-state index is 11.0. The molecule has 2 nitrogen and oxygen atoms in total. The third-order valence-corrected chi connectivity index (χ3v) is 0.577. The highest BCUT2D eigenvalue weighted by molar-refractivity contribution is 4.41. The molecule has 2 N–H and O–H groups in total. The van der Waals surface area contributed by atoms with E-state index >= 15 is 0 Å². The Bertz CT molecular complexity index is 38.7. The molecule has 0 fully saturated rings. The molecule has 0 saturated carbocycles. The minimum absolute atomic E-state index is 0.489. The summed E-state index contributed by atoms with van der Waals surface area (Å²) in [4.78, 5) is 0. The van der Waals surface area contributed by atoms with Crippen molar-refractivity contribution in [2.24, 2.45) is 5.92 Å². The minimum atomic E-state index is 0.489. The van der Waals surface area contributed by atoms with Crippen molar-refractivity contribution in [2.45, 2.75) is 13.8 Å². The Labute approximate surface area is 43.0 Å². The lowest BCUT2D eigenvalue weighted by atomic mass is 10.2. The molecule has 0 aromatic rings. The van der Waals surface area contributed by atoms with Crippen molar-refractivity contribution < 1.29 is 4.48 Å². The van der Waals surface area contributed by atoms with E-state index in [0.29, 0.717) is 12.5 Å². The average Bonchev–Trinajstić information content (AvgIpc) is 1.61. The number of hydrogen-bond donors (Lipinski definition) is 2. The van der Waals surface area contributed by atoms with E-state index < -0.39 is 0 Å². The molecule has 0 amide bonds. The van der Waals surface area contributed by atoms with Crippen LogP contribution in [0.3, 0.4) is 0 Å². The molecular formula is C4H11FN2. The summed E-state index contributed by atoms with van der Waals surface area (Å²) in [6.07, 6.45) is 0. The van der Waals surface area contributed by atoms with E-state index in [-0.39, 0.29) is 0 Å². The van der Waals surface area contributed by atoms with Crippen LogP contribution in [0, 0.1) is 5.92 Å². The molecule has 0 aromatic carbocycles. The van der Waals surface area contributed by atoms with Crippen molar-refractivity contribution in [3.8, 4) is 0 Å². The maximum Gasteiger partial charge on any atom is 0.0147 e. The first-order chi connectivity index (χ1) is 3.27. The third kappa shape index (κ3) is 5.85. The van der Waals surface area contributed by atoms with Crippen LogP contribution in [0.2, 0.25) is 0 Å². The van der Waals surface area contributed by atoms with Gasteiger partial charge in [-0.2, -0.15) is 0 Å². The van der Waals surface area contributed by atoms with E-state index in [9.17, 15) is 4.48 Å². The van der Waals surface area contributed by atoms with Gasteiger partial charge in [-0.3, -0.25) is 0 Å². The molecule has 0 aliphatic carbocycles. The molecular weight excluding hydrogens is 95.1 g/mol. The minimum Gasteiger partial charge on any atom is -0.230 e. The van der Waals surface area contributed by atoms with Gasteiger partial charge in [-0.1, -0.05) is 19.5 Å². The zero-order chi connectivity index (χ0) is 5.70. The largest absolute Gasteiger partial charge is 0.230 e. The second-order valence-electron chi connectivity index (χ2n) is 1.87. The van der Waals surface area contributed by atoms with E-state index in [4.69, 9.17) is 0 Å². The summed E-state index contributed by atoms with van der Waals surface area (Å²) in [6.45, 7) is 4.67. The van der Waals surface area contributed by atoms with Gasteiger partial charge in [0.1, 0.15) is 0 Å². The van der Waals surface area contributed by atoms with Crippen molar-refractivity contribution in [3.63, 3.8) is 0 Å². The van der Waals surface area contributed by atoms with E-state index in [1.165, 1.54) is 5.65 Å². The summed E-state index contributed by atoms with van der Waals surface area (Å²) in [5.74, 6) is 0.489. The van der Waals surface area contributed by atoms with Crippen LogP contribution < -0.4 is 11.1 Å². The lowest BCUT2D eigenvalue weighted by Crippen LogP contribution is -2.27. The highest BCUT2D eigenvalue weighted by Crippen LogP contribution is 1.84. The monoisotopic (exact) mass is 106 g/mol. The van der Waals surface area contributed by atoms with Crippen LogP contribution in [0.15, 0.2) is 0 Å². The SMILES string of the molecule is CC(C)CNNF. The molecule has 0 radical (unpaired) electrons. The second kappa shape index (κ2) is 4.02. The van der Waals surface area contributed by atoms with Gasteiger partial charge in [0.2, 0.25) is 0 Å². The standard InChI is InChI=1S/C4H11FN2/c1-4(2)3-6-7-5/h4,6-7H,3H2,1-2H3. The van der Waals surface area contributed by atoms with Gasteiger partial charge < -0.3 is 0 Å².